The molecule has 1 heterocycles. The van der Waals surface area contributed by atoms with Crippen molar-refractivity contribution in [3.63, 3.8) is 0 Å². The van der Waals surface area contributed by atoms with E-state index in [2.05, 4.69) is 9.98 Å². The smallest absolute Gasteiger partial charge is 0.343 e. The minimum Gasteiger partial charge on any atom is -0.506 e. The van der Waals surface area contributed by atoms with E-state index in [9.17, 15) is 14.3 Å². The highest BCUT2D eigenvalue weighted by molar-refractivity contribution is 6.34. The molecular weight excluding hydrogens is 334 g/mol. The first-order chi connectivity index (χ1) is 10.4. The first kappa shape index (κ1) is 16.7. The van der Waals surface area contributed by atoms with Gasteiger partial charge in [-0.25, -0.2) is 14.2 Å². The summed E-state index contributed by atoms with van der Waals surface area (Å²) in [5, 5.41) is 9.60. The van der Waals surface area contributed by atoms with Crippen LogP contribution < -0.4 is 0 Å². The van der Waals surface area contributed by atoms with Gasteiger partial charge in [0.2, 0.25) is 0 Å². The molecule has 0 radical (unpaired) electrons. The fourth-order valence-corrected chi connectivity index (χ4v) is 1.99. The molecule has 5 nitrogen and oxygen atoms in total. The largest absolute Gasteiger partial charge is 0.506 e. The number of nitrogens with zero attached hydrogens (tertiary/aromatic N) is 2. The molecule has 0 aliphatic heterocycles. The van der Waals surface area contributed by atoms with Gasteiger partial charge in [-0.3, -0.25) is 4.99 Å². The summed E-state index contributed by atoms with van der Waals surface area (Å²) in [7, 11) is 0. The van der Waals surface area contributed by atoms with E-state index in [0.717, 1.165) is 18.9 Å². The van der Waals surface area contributed by atoms with Crippen molar-refractivity contribution in [3.8, 4) is 0 Å². The van der Waals surface area contributed by atoms with E-state index in [-0.39, 0.29) is 28.9 Å². The Morgan fingerprint density at radius 2 is 2.23 bits per heavy atom. The van der Waals surface area contributed by atoms with Crippen molar-refractivity contribution < 1.29 is 19.0 Å². The Bertz CT molecular complexity index is 658. The van der Waals surface area contributed by atoms with E-state index in [1.807, 2.05) is 0 Å². The molecule has 1 aliphatic rings. The highest BCUT2D eigenvalue weighted by atomic mass is 35.5. The number of aromatic nitrogens is 1. The van der Waals surface area contributed by atoms with Gasteiger partial charge in [0.1, 0.15) is 16.5 Å². The molecular formula is C14H13Cl2FN2O3. The molecule has 1 aromatic rings. The van der Waals surface area contributed by atoms with Gasteiger partial charge in [-0.1, -0.05) is 23.2 Å². The van der Waals surface area contributed by atoms with E-state index in [0.29, 0.717) is 0 Å². The molecule has 0 saturated heterocycles. The van der Waals surface area contributed by atoms with Gasteiger partial charge >= 0.3 is 5.97 Å². The number of hydrogen-bond donors (Lipinski definition) is 1. The molecule has 0 amide bonds. The van der Waals surface area contributed by atoms with Crippen molar-refractivity contribution in [2.24, 2.45) is 4.99 Å². The van der Waals surface area contributed by atoms with Crippen LogP contribution in [0.1, 0.15) is 25.3 Å². The molecule has 0 bridgehead atoms. The summed E-state index contributed by atoms with van der Waals surface area (Å²) < 4.78 is 18.4. The summed E-state index contributed by atoms with van der Waals surface area (Å²) >= 11 is 11.4. The summed E-state index contributed by atoms with van der Waals surface area (Å²) in [5.74, 6) is -2.21. The Morgan fingerprint density at radius 1 is 1.55 bits per heavy atom. The summed E-state index contributed by atoms with van der Waals surface area (Å²) in [5.41, 5.74) is -0.368. The van der Waals surface area contributed by atoms with Crippen molar-refractivity contribution in [2.75, 3.05) is 6.61 Å². The van der Waals surface area contributed by atoms with Gasteiger partial charge < -0.3 is 9.84 Å². The van der Waals surface area contributed by atoms with Crippen molar-refractivity contribution in [3.05, 3.63) is 33.3 Å². The predicted octanol–water partition coefficient (Wildman–Crippen LogP) is 3.59. The normalized spacial score (nSPS) is 15.8. The van der Waals surface area contributed by atoms with Gasteiger partial charge in [0.25, 0.3) is 0 Å². The molecule has 1 saturated carbocycles. The molecule has 1 N–H and O–H groups in total. The number of hydrogen-bond acceptors (Lipinski definition) is 5. The Kier molecular flexibility index (Phi) is 5.37. The number of ether oxygens (including phenoxy) is 1. The minimum atomic E-state index is -0.866. The van der Waals surface area contributed by atoms with Gasteiger partial charge in [-0.2, -0.15) is 0 Å². The van der Waals surface area contributed by atoms with E-state index in [4.69, 9.17) is 27.9 Å². The van der Waals surface area contributed by atoms with E-state index >= 15 is 0 Å². The lowest BCUT2D eigenvalue weighted by atomic mass is 10.1. The van der Waals surface area contributed by atoms with E-state index < -0.39 is 22.7 Å². The lowest BCUT2D eigenvalue weighted by Crippen LogP contribution is -2.12. The van der Waals surface area contributed by atoms with Gasteiger partial charge in [0.05, 0.1) is 18.2 Å². The molecule has 1 fully saturated rings. The monoisotopic (exact) mass is 346 g/mol. The Labute approximate surface area is 136 Å². The molecule has 2 rings (SSSR count). The maximum absolute atomic E-state index is 13.5. The third-order valence-corrected chi connectivity index (χ3v) is 3.41. The number of esters is 1. The van der Waals surface area contributed by atoms with Crippen molar-refractivity contribution in [1.82, 2.24) is 4.98 Å². The zero-order chi connectivity index (χ0) is 16.3. The quantitative estimate of drug-likeness (QED) is 0.290. The highest BCUT2D eigenvalue weighted by Gasteiger charge is 2.23. The van der Waals surface area contributed by atoms with Gasteiger partial charge in [-0.15, -0.1) is 0 Å². The molecule has 22 heavy (non-hydrogen) atoms. The second-order valence-corrected chi connectivity index (χ2v) is 5.31. The fourth-order valence-electron chi connectivity index (χ4n) is 1.58. The van der Waals surface area contributed by atoms with Crippen LogP contribution in [0.3, 0.4) is 0 Å². The number of carbonyl (C=O) groups excluding carboxylic acids is 1. The summed E-state index contributed by atoms with van der Waals surface area (Å²) in [6, 6.07) is 1.03. The number of carbonyl (C=O) groups is 1. The summed E-state index contributed by atoms with van der Waals surface area (Å²) in [6.07, 6.45) is 3.06. The molecule has 0 spiro atoms. The number of aliphatic imine (C=N–C) groups is 1. The maximum Gasteiger partial charge on any atom is 0.343 e. The first-order valence-corrected chi connectivity index (χ1v) is 7.35. The Morgan fingerprint density at radius 3 is 2.82 bits per heavy atom. The number of pyridine rings is 1. The zero-order valence-electron chi connectivity index (χ0n) is 11.6. The van der Waals surface area contributed by atoms with Crippen molar-refractivity contribution >= 4 is 41.1 Å². The highest BCUT2D eigenvalue weighted by Crippen LogP contribution is 2.28. The topological polar surface area (TPSA) is 71.8 Å². The zero-order valence-corrected chi connectivity index (χ0v) is 13.2. The van der Waals surface area contributed by atoms with Crippen LogP contribution in [0.5, 0.6) is 0 Å². The standard InChI is InChI=1S/C14H13Cl2FN2O3/c1-2-22-14(21)9(6-18-7-3-4-7)11(20)8-5-10(17)13(16)19-12(8)15/h5-7,20H,2-4H2,1H3/b11-9+,18-6?. The van der Waals surface area contributed by atoms with E-state index in [1.165, 1.54) is 6.21 Å². The lowest BCUT2D eigenvalue weighted by Gasteiger charge is -2.08. The van der Waals surface area contributed by atoms with Gasteiger partial charge in [0.15, 0.2) is 11.0 Å². The van der Waals surface area contributed by atoms with Gasteiger partial charge in [-0.05, 0) is 25.8 Å². The third kappa shape index (κ3) is 3.96. The fraction of sp³-hybridized carbons (Fsp3) is 0.357. The molecule has 8 heteroatoms. The van der Waals surface area contributed by atoms with Crippen molar-refractivity contribution in [2.45, 2.75) is 25.8 Å². The molecule has 1 aliphatic carbocycles. The minimum absolute atomic E-state index is 0.119. The van der Waals surface area contributed by atoms with Crippen LogP contribution in [0.4, 0.5) is 4.39 Å². The number of rotatable bonds is 5. The average Bonchev–Trinajstić information content (AvgIpc) is 3.27. The Hall–Kier alpha value is -1.66. The maximum atomic E-state index is 13.5. The van der Waals surface area contributed by atoms with Crippen LogP contribution in [0.25, 0.3) is 5.76 Å². The number of aliphatic hydroxyl groups is 1. The summed E-state index contributed by atoms with van der Waals surface area (Å²) in [6.45, 7) is 1.74. The van der Waals surface area contributed by atoms with Crippen LogP contribution >= 0.6 is 23.2 Å². The lowest BCUT2D eigenvalue weighted by molar-refractivity contribution is -0.137. The van der Waals surface area contributed by atoms with Crippen LogP contribution in [0, 0.1) is 5.82 Å². The van der Waals surface area contributed by atoms with Crippen LogP contribution in [-0.2, 0) is 9.53 Å². The SMILES string of the molecule is CCOC(=O)/C(C=NC1CC1)=C(/O)c1cc(F)c(Cl)nc1Cl. The van der Waals surface area contributed by atoms with Crippen LogP contribution in [0.2, 0.25) is 10.3 Å². The first-order valence-electron chi connectivity index (χ1n) is 6.59. The Balaban J connectivity index is 2.47. The molecule has 0 aromatic carbocycles. The molecule has 0 atom stereocenters. The second-order valence-electron chi connectivity index (χ2n) is 4.59. The molecule has 1 aromatic heterocycles. The second kappa shape index (κ2) is 7.07. The summed E-state index contributed by atoms with van der Waals surface area (Å²) in [4.78, 5) is 19.6. The van der Waals surface area contributed by atoms with E-state index in [1.54, 1.807) is 6.92 Å². The third-order valence-electron chi connectivity index (χ3n) is 2.85. The molecule has 118 valence electrons. The molecule has 0 unspecified atom stereocenters. The average molecular weight is 347 g/mol. The van der Waals surface area contributed by atoms with Crippen LogP contribution in [0.15, 0.2) is 16.6 Å². The van der Waals surface area contributed by atoms with Crippen LogP contribution in [-0.4, -0.2) is 34.9 Å². The predicted molar refractivity (Wildman–Crippen MR) is 81.9 cm³/mol. The number of halogens is 3. The number of aliphatic hydroxyl groups excluding tert-OH is 1. The van der Waals surface area contributed by atoms with Crippen molar-refractivity contribution in [1.29, 1.82) is 0 Å². The van der Waals surface area contributed by atoms with Gasteiger partial charge in [0, 0.05) is 6.21 Å².